The molecule has 4 heteroatoms. The Morgan fingerprint density at radius 2 is 2.07 bits per heavy atom. The molecule has 2 nitrogen and oxygen atoms in total. The summed E-state index contributed by atoms with van der Waals surface area (Å²) in [5, 5.41) is 0. The van der Waals surface area contributed by atoms with E-state index in [2.05, 4.69) is 34.8 Å². The summed E-state index contributed by atoms with van der Waals surface area (Å²) in [4.78, 5) is 4.09. The number of aromatic nitrogens is 1. The monoisotopic (exact) mass is 278 g/mol. The van der Waals surface area contributed by atoms with Crippen LogP contribution in [0.4, 0.5) is 0 Å². The fourth-order valence-corrected chi connectivity index (χ4v) is 1.66. The molecule has 0 radical (unpaired) electrons. The van der Waals surface area contributed by atoms with E-state index < -0.39 is 0 Å². The molecule has 0 aliphatic heterocycles. The summed E-state index contributed by atoms with van der Waals surface area (Å²) in [5.74, 6) is 0.619. The highest BCUT2D eigenvalue weighted by atomic mass is 79.9. The molecule has 0 bridgehead atoms. The number of pyridine rings is 1. The highest BCUT2D eigenvalue weighted by molar-refractivity contribution is 9.10. The Morgan fingerprint density at radius 1 is 1.43 bits per heavy atom. The van der Waals surface area contributed by atoms with E-state index in [0.29, 0.717) is 5.92 Å². The number of hydrogen-bond acceptors (Lipinski definition) is 2. The first-order chi connectivity index (χ1) is 6.09. The number of nitrogens with zero attached hydrogens (tertiary/aromatic N) is 1. The van der Waals surface area contributed by atoms with E-state index in [1.54, 1.807) is 6.20 Å². The average molecular weight is 280 g/mol. The average Bonchev–Trinajstić information content (AvgIpc) is 2.03. The first-order valence-corrected chi connectivity index (χ1v) is 5.25. The molecule has 2 N–H and O–H groups in total. The zero-order valence-corrected chi connectivity index (χ0v) is 10.8. The Bertz CT molecular complexity index is 279. The molecular weight excluding hydrogens is 263 g/mol. The molecule has 0 aromatic carbocycles. The summed E-state index contributed by atoms with van der Waals surface area (Å²) in [6, 6.07) is 2.13. The first-order valence-electron chi connectivity index (χ1n) is 4.45. The maximum atomic E-state index is 6.00. The van der Waals surface area contributed by atoms with Gasteiger partial charge in [0.15, 0.2) is 0 Å². The van der Waals surface area contributed by atoms with Gasteiger partial charge in [-0.15, -0.1) is 12.4 Å². The van der Waals surface area contributed by atoms with Gasteiger partial charge in [-0.1, -0.05) is 13.8 Å². The van der Waals surface area contributed by atoms with E-state index in [0.717, 1.165) is 16.5 Å². The third kappa shape index (κ3) is 4.40. The fourth-order valence-electron chi connectivity index (χ4n) is 1.28. The van der Waals surface area contributed by atoms with Crippen LogP contribution in [-0.4, -0.2) is 4.98 Å². The van der Waals surface area contributed by atoms with Crippen LogP contribution in [-0.2, 0) is 0 Å². The van der Waals surface area contributed by atoms with Crippen LogP contribution in [0.2, 0.25) is 0 Å². The summed E-state index contributed by atoms with van der Waals surface area (Å²) in [6.45, 7) is 4.34. The van der Waals surface area contributed by atoms with Crippen LogP contribution in [0.5, 0.6) is 0 Å². The molecule has 1 heterocycles. The third-order valence-electron chi connectivity index (χ3n) is 1.88. The van der Waals surface area contributed by atoms with Crippen molar-refractivity contribution >= 4 is 28.3 Å². The SMILES string of the molecule is CC(C)C[C@@H](N)c1cncc(Br)c1.Cl. The molecule has 1 atom stereocenters. The van der Waals surface area contributed by atoms with Gasteiger partial charge in [-0.05, 0) is 39.9 Å². The topological polar surface area (TPSA) is 38.9 Å². The predicted octanol–water partition coefficient (Wildman–Crippen LogP) is 3.31. The van der Waals surface area contributed by atoms with Crippen LogP contribution in [0, 0.1) is 5.92 Å². The van der Waals surface area contributed by atoms with Gasteiger partial charge in [-0.3, -0.25) is 4.98 Å². The van der Waals surface area contributed by atoms with Crippen LogP contribution in [0.15, 0.2) is 22.9 Å². The Kier molecular flexibility index (Phi) is 6.33. The van der Waals surface area contributed by atoms with Gasteiger partial charge in [0, 0.05) is 22.9 Å². The Labute approximate surface area is 99.8 Å². The molecule has 0 aliphatic rings. The summed E-state index contributed by atoms with van der Waals surface area (Å²) in [5.41, 5.74) is 7.10. The van der Waals surface area contributed by atoms with Gasteiger partial charge in [-0.25, -0.2) is 0 Å². The van der Waals surface area contributed by atoms with Crippen molar-refractivity contribution < 1.29 is 0 Å². The second-order valence-electron chi connectivity index (χ2n) is 3.67. The predicted molar refractivity (Wildman–Crippen MR) is 65.6 cm³/mol. The zero-order chi connectivity index (χ0) is 9.84. The highest BCUT2D eigenvalue weighted by Gasteiger charge is 2.08. The molecule has 1 rings (SSSR count). The van der Waals surface area contributed by atoms with Crippen molar-refractivity contribution in [2.45, 2.75) is 26.3 Å². The van der Waals surface area contributed by atoms with Crippen LogP contribution < -0.4 is 5.73 Å². The van der Waals surface area contributed by atoms with E-state index in [-0.39, 0.29) is 18.4 Å². The molecule has 0 saturated carbocycles. The van der Waals surface area contributed by atoms with Crippen molar-refractivity contribution in [1.82, 2.24) is 4.98 Å². The van der Waals surface area contributed by atoms with Crippen molar-refractivity contribution in [3.05, 3.63) is 28.5 Å². The van der Waals surface area contributed by atoms with Gasteiger partial charge >= 0.3 is 0 Å². The van der Waals surface area contributed by atoms with E-state index in [1.165, 1.54) is 0 Å². The molecule has 14 heavy (non-hydrogen) atoms. The van der Waals surface area contributed by atoms with Gasteiger partial charge < -0.3 is 5.73 Å². The Morgan fingerprint density at radius 3 is 2.57 bits per heavy atom. The Balaban J connectivity index is 0.00000169. The maximum Gasteiger partial charge on any atom is 0.0410 e. The van der Waals surface area contributed by atoms with Crippen molar-refractivity contribution in [2.75, 3.05) is 0 Å². The molecule has 1 aromatic heterocycles. The summed E-state index contributed by atoms with van der Waals surface area (Å²) >= 11 is 3.38. The second kappa shape index (κ2) is 6.38. The molecule has 80 valence electrons. The molecule has 0 spiro atoms. The van der Waals surface area contributed by atoms with Crippen LogP contribution in [0.25, 0.3) is 0 Å². The minimum absolute atomic E-state index is 0. The zero-order valence-electron chi connectivity index (χ0n) is 8.40. The molecular formula is C10H16BrClN2. The van der Waals surface area contributed by atoms with E-state index in [1.807, 2.05) is 12.3 Å². The second-order valence-corrected chi connectivity index (χ2v) is 4.59. The lowest BCUT2D eigenvalue weighted by Gasteiger charge is -2.13. The van der Waals surface area contributed by atoms with Gasteiger partial charge in [0.25, 0.3) is 0 Å². The number of rotatable bonds is 3. The Hall–Kier alpha value is -0.120. The summed E-state index contributed by atoms with van der Waals surface area (Å²) < 4.78 is 0.990. The lowest BCUT2D eigenvalue weighted by molar-refractivity contribution is 0.509. The minimum atomic E-state index is 0. The highest BCUT2D eigenvalue weighted by Crippen LogP contribution is 2.20. The minimum Gasteiger partial charge on any atom is -0.324 e. The normalized spacial score (nSPS) is 12.4. The summed E-state index contributed by atoms with van der Waals surface area (Å²) in [7, 11) is 0. The van der Waals surface area contributed by atoms with Gasteiger partial charge in [-0.2, -0.15) is 0 Å². The van der Waals surface area contributed by atoms with Gasteiger partial charge in [0.2, 0.25) is 0 Å². The lowest BCUT2D eigenvalue weighted by Crippen LogP contribution is -2.13. The molecule has 1 aromatic rings. The number of nitrogens with two attached hydrogens (primary N) is 1. The van der Waals surface area contributed by atoms with Crippen molar-refractivity contribution in [3.63, 3.8) is 0 Å². The maximum absolute atomic E-state index is 6.00. The van der Waals surface area contributed by atoms with E-state index >= 15 is 0 Å². The van der Waals surface area contributed by atoms with E-state index in [9.17, 15) is 0 Å². The third-order valence-corrected chi connectivity index (χ3v) is 2.31. The molecule has 0 amide bonds. The molecule has 0 aliphatic carbocycles. The molecule has 0 saturated heterocycles. The standard InChI is InChI=1S/C10H15BrN2.ClH/c1-7(2)3-10(12)8-4-9(11)6-13-5-8;/h4-7,10H,3,12H2,1-2H3;1H/t10-;/m1./s1. The quantitative estimate of drug-likeness (QED) is 0.922. The van der Waals surface area contributed by atoms with E-state index in [4.69, 9.17) is 5.73 Å². The smallest absolute Gasteiger partial charge is 0.0410 e. The van der Waals surface area contributed by atoms with Crippen LogP contribution >= 0.6 is 28.3 Å². The van der Waals surface area contributed by atoms with Crippen molar-refractivity contribution in [2.24, 2.45) is 11.7 Å². The largest absolute Gasteiger partial charge is 0.324 e. The first kappa shape index (κ1) is 13.9. The van der Waals surface area contributed by atoms with Crippen LogP contribution in [0.3, 0.4) is 0 Å². The number of halogens is 2. The van der Waals surface area contributed by atoms with Crippen molar-refractivity contribution in [3.8, 4) is 0 Å². The number of hydrogen-bond donors (Lipinski definition) is 1. The molecule has 0 fully saturated rings. The van der Waals surface area contributed by atoms with Gasteiger partial charge in [0.1, 0.15) is 0 Å². The van der Waals surface area contributed by atoms with Crippen LogP contribution in [0.1, 0.15) is 31.9 Å². The van der Waals surface area contributed by atoms with Crippen molar-refractivity contribution in [1.29, 1.82) is 0 Å². The fraction of sp³-hybridized carbons (Fsp3) is 0.500. The lowest BCUT2D eigenvalue weighted by atomic mass is 9.99. The summed E-state index contributed by atoms with van der Waals surface area (Å²) in [6.07, 6.45) is 4.60. The van der Waals surface area contributed by atoms with Gasteiger partial charge in [0.05, 0.1) is 0 Å². The molecule has 0 unspecified atom stereocenters.